The van der Waals surface area contributed by atoms with Crippen LogP contribution in [0.3, 0.4) is 0 Å². The van der Waals surface area contributed by atoms with Crippen molar-refractivity contribution in [1.29, 1.82) is 0 Å². The summed E-state index contributed by atoms with van der Waals surface area (Å²) in [4.78, 5) is 2.55. The first kappa shape index (κ1) is 13.3. The molecular weight excluding hydrogens is 323 g/mol. The number of nitrogens with zero attached hydrogens (tertiary/aromatic N) is 1. The van der Waals surface area contributed by atoms with Gasteiger partial charge in [-0.15, -0.1) is 0 Å². The van der Waals surface area contributed by atoms with Gasteiger partial charge in [0.05, 0.1) is 0 Å². The molecule has 0 bridgehead atoms. The van der Waals surface area contributed by atoms with E-state index in [4.69, 9.17) is 0 Å². The summed E-state index contributed by atoms with van der Waals surface area (Å²) >= 11 is 2.35. The summed E-state index contributed by atoms with van der Waals surface area (Å²) in [5.74, 6) is 0. The van der Waals surface area contributed by atoms with Crippen LogP contribution in [0, 0.1) is 3.57 Å². The third kappa shape index (κ3) is 4.23. The van der Waals surface area contributed by atoms with E-state index < -0.39 is 0 Å². The molecule has 1 saturated heterocycles. The molecule has 2 rings (SSSR count). The van der Waals surface area contributed by atoms with E-state index in [1.165, 1.54) is 41.6 Å². The van der Waals surface area contributed by atoms with Crippen LogP contribution in [0.25, 0.3) is 0 Å². The zero-order valence-corrected chi connectivity index (χ0v) is 12.6. The Balaban J connectivity index is 1.72. The fourth-order valence-electron chi connectivity index (χ4n) is 2.31. The second-order valence-electron chi connectivity index (χ2n) is 4.78. The Morgan fingerprint density at radius 3 is 2.53 bits per heavy atom. The molecule has 1 aliphatic rings. The van der Waals surface area contributed by atoms with Crippen LogP contribution in [0.1, 0.15) is 31.4 Å². The van der Waals surface area contributed by atoms with Crippen molar-refractivity contribution < 1.29 is 0 Å². The van der Waals surface area contributed by atoms with Crippen LogP contribution in [-0.4, -0.2) is 31.1 Å². The van der Waals surface area contributed by atoms with Gasteiger partial charge in [-0.2, -0.15) is 0 Å². The van der Waals surface area contributed by atoms with Gasteiger partial charge in [-0.3, -0.25) is 0 Å². The highest BCUT2D eigenvalue weighted by Gasteiger charge is 2.11. The van der Waals surface area contributed by atoms with E-state index in [-0.39, 0.29) is 0 Å². The van der Waals surface area contributed by atoms with Crippen molar-refractivity contribution in [3.63, 3.8) is 0 Å². The molecule has 0 saturated carbocycles. The molecule has 0 amide bonds. The molecule has 1 aromatic rings. The second kappa shape index (κ2) is 6.71. The van der Waals surface area contributed by atoms with Gasteiger partial charge in [-0.05, 0) is 73.1 Å². The van der Waals surface area contributed by atoms with Gasteiger partial charge in [0, 0.05) is 22.7 Å². The van der Waals surface area contributed by atoms with Gasteiger partial charge >= 0.3 is 0 Å². The number of halogens is 1. The molecule has 1 aromatic carbocycles. The standard InChI is InChI=1S/C14H21IN2/c1-12(13-4-6-14(15)7-5-13)16-8-11-17-9-2-3-10-17/h4-7,12,16H,2-3,8-11H2,1H3. The predicted octanol–water partition coefficient (Wildman–Crippen LogP) is 3.04. The fourth-order valence-corrected chi connectivity index (χ4v) is 2.67. The number of likely N-dealkylation sites (tertiary alicyclic amines) is 1. The topological polar surface area (TPSA) is 15.3 Å². The van der Waals surface area contributed by atoms with Crippen molar-refractivity contribution >= 4 is 22.6 Å². The molecule has 3 heteroatoms. The quantitative estimate of drug-likeness (QED) is 0.826. The highest BCUT2D eigenvalue weighted by molar-refractivity contribution is 14.1. The summed E-state index contributed by atoms with van der Waals surface area (Å²) in [6, 6.07) is 9.24. The molecule has 94 valence electrons. The number of rotatable bonds is 5. The highest BCUT2D eigenvalue weighted by Crippen LogP contribution is 2.14. The molecule has 0 spiro atoms. The van der Waals surface area contributed by atoms with E-state index in [0.717, 1.165) is 6.54 Å². The van der Waals surface area contributed by atoms with Crippen molar-refractivity contribution in [3.8, 4) is 0 Å². The van der Waals surface area contributed by atoms with Crippen LogP contribution in [-0.2, 0) is 0 Å². The molecule has 2 nitrogen and oxygen atoms in total. The van der Waals surface area contributed by atoms with Crippen LogP contribution in [0.5, 0.6) is 0 Å². The van der Waals surface area contributed by atoms with Crippen LogP contribution in [0.15, 0.2) is 24.3 Å². The molecule has 0 radical (unpaired) electrons. The lowest BCUT2D eigenvalue weighted by atomic mass is 10.1. The summed E-state index contributed by atoms with van der Waals surface area (Å²) in [6.45, 7) is 7.10. The summed E-state index contributed by atoms with van der Waals surface area (Å²) in [5.41, 5.74) is 1.38. The third-order valence-corrected chi connectivity index (χ3v) is 4.17. The van der Waals surface area contributed by atoms with E-state index in [1.807, 2.05) is 0 Å². The third-order valence-electron chi connectivity index (χ3n) is 3.45. The second-order valence-corrected chi connectivity index (χ2v) is 6.02. The Morgan fingerprint density at radius 2 is 1.88 bits per heavy atom. The van der Waals surface area contributed by atoms with Crippen molar-refractivity contribution in [2.75, 3.05) is 26.2 Å². The van der Waals surface area contributed by atoms with Gasteiger partial charge < -0.3 is 10.2 Å². The molecule has 17 heavy (non-hydrogen) atoms. The summed E-state index contributed by atoms with van der Waals surface area (Å²) in [5, 5.41) is 3.60. The maximum absolute atomic E-state index is 3.60. The molecule has 0 aromatic heterocycles. The van der Waals surface area contributed by atoms with Crippen molar-refractivity contribution in [3.05, 3.63) is 33.4 Å². The van der Waals surface area contributed by atoms with Crippen molar-refractivity contribution in [2.45, 2.75) is 25.8 Å². The molecule has 1 fully saturated rings. The zero-order chi connectivity index (χ0) is 12.1. The summed E-state index contributed by atoms with van der Waals surface area (Å²) < 4.78 is 1.30. The van der Waals surface area contributed by atoms with E-state index in [1.54, 1.807) is 0 Å². The molecular formula is C14H21IN2. The summed E-state index contributed by atoms with van der Waals surface area (Å²) in [6.07, 6.45) is 2.76. The molecule has 1 N–H and O–H groups in total. The maximum atomic E-state index is 3.60. The van der Waals surface area contributed by atoms with E-state index in [0.29, 0.717) is 6.04 Å². The Morgan fingerprint density at radius 1 is 1.24 bits per heavy atom. The first-order valence-corrected chi connectivity index (χ1v) is 7.55. The predicted molar refractivity (Wildman–Crippen MR) is 81.3 cm³/mol. The van der Waals surface area contributed by atoms with E-state index in [9.17, 15) is 0 Å². The SMILES string of the molecule is CC(NCCN1CCCC1)c1ccc(I)cc1. The number of benzene rings is 1. The van der Waals surface area contributed by atoms with Gasteiger partial charge in [0.15, 0.2) is 0 Å². The lowest BCUT2D eigenvalue weighted by molar-refractivity contribution is 0.330. The number of hydrogen-bond acceptors (Lipinski definition) is 2. The molecule has 1 atom stereocenters. The normalized spacial score (nSPS) is 18.5. The monoisotopic (exact) mass is 344 g/mol. The van der Waals surface area contributed by atoms with Gasteiger partial charge in [0.25, 0.3) is 0 Å². The Labute approximate surface area is 118 Å². The first-order valence-electron chi connectivity index (χ1n) is 6.47. The zero-order valence-electron chi connectivity index (χ0n) is 10.5. The minimum Gasteiger partial charge on any atom is -0.309 e. The number of hydrogen-bond donors (Lipinski definition) is 1. The van der Waals surface area contributed by atoms with Crippen molar-refractivity contribution in [2.24, 2.45) is 0 Å². The lowest BCUT2D eigenvalue weighted by Gasteiger charge is -2.18. The van der Waals surface area contributed by atoms with Crippen LogP contribution in [0.4, 0.5) is 0 Å². The molecule has 0 aliphatic carbocycles. The molecule has 1 unspecified atom stereocenters. The van der Waals surface area contributed by atoms with Gasteiger partial charge in [-0.1, -0.05) is 12.1 Å². The minimum absolute atomic E-state index is 0.453. The Hall–Kier alpha value is -0.130. The van der Waals surface area contributed by atoms with Gasteiger partial charge in [0.2, 0.25) is 0 Å². The van der Waals surface area contributed by atoms with Crippen LogP contribution in [0.2, 0.25) is 0 Å². The van der Waals surface area contributed by atoms with Gasteiger partial charge in [-0.25, -0.2) is 0 Å². The van der Waals surface area contributed by atoms with E-state index in [2.05, 4.69) is 64.0 Å². The van der Waals surface area contributed by atoms with Crippen LogP contribution < -0.4 is 5.32 Å². The fraction of sp³-hybridized carbons (Fsp3) is 0.571. The molecule has 1 heterocycles. The highest BCUT2D eigenvalue weighted by atomic mass is 127. The lowest BCUT2D eigenvalue weighted by Crippen LogP contribution is -2.31. The minimum atomic E-state index is 0.453. The first-order chi connectivity index (χ1) is 8.25. The Kier molecular flexibility index (Phi) is 5.25. The average molecular weight is 344 g/mol. The van der Waals surface area contributed by atoms with Crippen LogP contribution >= 0.6 is 22.6 Å². The summed E-state index contributed by atoms with van der Waals surface area (Å²) in [7, 11) is 0. The molecule has 1 aliphatic heterocycles. The largest absolute Gasteiger partial charge is 0.309 e. The van der Waals surface area contributed by atoms with Gasteiger partial charge in [0.1, 0.15) is 0 Å². The Bertz CT molecular complexity index is 331. The van der Waals surface area contributed by atoms with E-state index >= 15 is 0 Å². The smallest absolute Gasteiger partial charge is 0.0292 e. The van der Waals surface area contributed by atoms with Crippen molar-refractivity contribution in [1.82, 2.24) is 10.2 Å². The average Bonchev–Trinajstić information content (AvgIpc) is 2.83. The number of nitrogens with one attached hydrogen (secondary N) is 1. The maximum Gasteiger partial charge on any atom is 0.0292 e.